The molecule has 0 saturated carbocycles. The van der Waals surface area contributed by atoms with Gasteiger partial charge in [0.15, 0.2) is 11.4 Å². The molecule has 2 aromatic heterocycles. The molecule has 0 radical (unpaired) electrons. The Morgan fingerprint density at radius 3 is 2.48 bits per heavy atom. The Bertz CT molecular complexity index is 1070. The van der Waals surface area contributed by atoms with Gasteiger partial charge in [0.2, 0.25) is 5.91 Å². The minimum Gasteiger partial charge on any atom is -0.485 e. The number of fused-ring (bicyclic) bond motifs is 1. The molecule has 1 amide bonds. The normalized spacial score (nSPS) is 11.0. The number of nitrogens with zero attached hydrogens (tertiary/aromatic N) is 3. The van der Waals surface area contributed by atoms with Crippen LogP contribution in [0.4, 0.5) is 5.82 Å². The van der Waals surface area contributed by atoms with Crippen molar-refractivity contribution in [2.24, 2.45) is 5.92 Å². The number of hydrogen-bond acceptors (Lipinski definition) is 5. The maximum absolute atomic E-state index is 12.7. The highest BCUT2D eigenvalue weighted by atomic mass is 16.5. The lowest BCUT2D eigenvalue weighted by Gasteiger charge is -2.19. The highest BCUT2D eigenvalue weighted by molar-refractivity contribution is 5.93. The molecule has 0 aliphatic carbocycles. The SMILES string of the molecule is CCc1nc2c(OCc3ccc(C(=O)OC)cc3)cccn2c1N(C)C(=O)CC(C)C. The molecule has 0 saturated heterocycles. The fourth-order valence-electron chi connectivity index (χ4n) is 3.40. The van der Waals surface area contributed by atoms with E-state index in [1.807, 2.05) is 55.6 Å². The number of carbonyl (C=O) groups excluding carboxylic acids is 2. The Labute approximate surface area is 182 Å². The third-order valence-corrected chi connectivity index (χ3v) is 5.04. The van der Waals surface area contributed by atoms with Gasteiger partial charge >= 0.3 is 5.97 Å². The van der Waals surface area contributed by atoms with Gasteiger partial charge in [-0.15, -0.1) is 0 Å². The van der Waals surface area contributed by atoms with Gasteiger partial charge in [-0.2, -0.15) is 0 Å². The van der Waals surface area contributed by atoms with Crippen molar-refractivity contribution in [1.82, 2.24) is 9.38 Å². The molecule has 3 rings (SSSR count). The van der Waals surface area contributed by atoms with Crippen molar-refractivity contribution in [3.63, 3.8) is 0 Å². The van der Waals surface area contributed by atoms with Gasteiger partial charge < -0.3 is 9.47 Å². The van der Waals surface area contributed by atoms with E-state index in [2.05, 4.69) is 0 Å². The largest absolute Gasteiger partial charge is 0.485 e. The summed E-state index contributed by atoms with van der Waals surface area (Å²) >= 11 is 0. The van der Waals surface area contributed by atoms with Crippen LogP contribution >= 0.6 is 0 Å². The lowest BCUT2D eigenvalue weighted by Crippen LogP contribution is -2.29. The van der Waals surface area contributed by atoms with Crippen molar-refractivity contribution in [3.8, 4) is 5.75 Å². The number of benzene rings is 1. The predicted molar refractivity (Wildman–Crippen MR) is 120 cm³/mol. The van der Waals surface area contributed by atoms with E-state index in [0.29, 0.717) is 36.4 Å². The van der Waals surface area contributed by atoms with Gasteiger partial charge in [-0.1, -0.05) is 32.9 Å². The van der Waals surface area contributed by atoms with E-state index in [9.17, 15) is 9.59 Å². The Hall–Kier alpha value is -3.35. The molecule has 0 N–H and O–H groups in total. The number of pyridine rings is 1. The molecule has 0 spiro atoms. The zero-order chi connectivity index (χ0) is 22.5. The number of anilines is 1. The summed E-state index contributed by atoms with van der Waals surface area (Å²) in [5, 5.41) is 0. The molecule has 0 aliphatic rings. The Morgan fingerprint density at radius 1 is 1.16 bits per heavy atom. The summed E-state index contributed by atoms with van der Waals surface area (Å²) in [6.45, 7) is 6.41. The van der Waals surface area contributed by atoms with Crippen LogP contribution in [0, 0.1) is 5.92 Å². The molecular weight excluding hydrogens is 394 g/mol. The minimum atomic E-state index is -0.370. The van der Waals surface area contributed by atoms with Crippen molar-refractivity contribution in [1.29, 1.82) is 0 Å². The van der Waals surface area contributed by atoms with Crippen LogP contribution < -0.4 is 9.64 Å². The van der Waals surface area contributed by atoms with E-state index in [1.54, 1.807) is 24.1 Å². The number of rotatable bonds is 8. The Kier molecular flexibility index (Phi) is 6.95. The van der Waals surface area contributed by atoms with E-state index >= 15 is 0 Å². The van der Waals surface area contributed by atoms with Gasteiger partial charge in [-0.3, -0.25) is 14.1 Å². The fourth-order valence-corrected chi connectivity index (χ4v) is 3.40. The third kappa shape index (κ3) is 4.87. The van der Waals surface area contributed by atoms with Crippen LogP contribution in [0.2, 0.25) is 0 Å². The monoisotopic (exact) mass is 423 g/mol. The number of ether oxygens (including phenoxy) is 2. The molecule has 0 fully saturated rings. The predicted octanol–water partition coefficient (Wildman–Crippen LogP) is 4.27. The maximum atomic E-state index is 12.7. The summed E-state index contributed by atoms with van der Waals surface area (Å²) < 4.78 is 12.7. The quantitative estimate of drug-likeness (QED) is 0.506. The summed E-state index contributed by atoms with van der Waals surface area (Å²) in [4.78, 5) is 30.7. The molecule has 1 aromatic carbocycles. The minimum absolute atomic E-state index is 0.0588. The summed E-state index contributed by atoms with van der Waals surface area (Å²) in [5.74, 6) is 1.37. The van der Waals surface area contributed by atoms with Crippen LogP contribution in [0.3, 0.4) is 0 Å². The second-order valence-corrected chi connectivity index (χ2v) is 7.83. The first kappa shape index (κ1) is 22.3. The van der Waals surface area contributed by atoms with Crippen molar-refractivity contribution in [3.05, 3.63) is 59.4 Å². The average molecular weight is 424 g/mol. The Morgan fingerprint density at radius 2 is 1.87 bits per heavy atom. The first-order chi connectivity index (χ1) is 14.8. The lowest BCUT2D eigenvalue weighted by atomic mass is 10.1. The van der Waals surface area contributed by atoms with E-state index < -0.39 is 0 Å². The molecule has 2 heterocycles. The van der Waals surface area contributed by atoms with Gasteiger partial charge in [0.25, 0.3) is 0 Å². The first-order valence-electron chi connectivity index (χ1n) is 10.4. The topological polar surface area (TPSA) is 73.1 Å². The van der Waals surface area contributed by atoms with Gasteiger partial charge in [0.05, 0.1) is 18.4 Å². The number of aryl methyl sites for hydroxylation is 1. The van der Waals surface area contributed by atoms with Crippen LogP contribution in [0.15, 0.2) is 42.6 Å². The van der Waals surface area contributed by atoms with Crippen LogP contribution in [-0.4, -0.2) is 35.4 Å². The number of esters is 1. The van der Waals surface area contributed by atoms with Crippen LogP contribution in [0.1, 0.15) is 48.8 Å². The summed E-state index contributed by atoms with van der Waals surface area (Å²) in [7, 11) is 3.15. The molecular formula is C24H29N3O4. The molecule has 164 valence electrons. The van der Waals surface area contributed by atoms with E-state index in [-0.39, 0.29) is 17.8 Å². The summed E-state index contributed by atoms with van der Waals surface area (Å²) in [5.41, 5.74) is 2.93. The number of hydrogen-bond donors (Lipinski definition) is 0. The molecule has 3 aromatic rings. The highest BCUT2D eigenvalue weighted by Crippen LogP contribution is 2.29. The average Bonchev–Trinajstić information content (AvgIpc) is 3.15. The van der Waals surface area contributed by atoms with Crippen LogP contribution in [-0.2, 0) is 22.6 Å². The van der Waals surface area contributed by atoms with Crippen LogP contribution in [0.25, 0.3) is 5.65 Å². The molecule has 0 bridgehead atoms. The van der Waals surface area contributed by atoms with Crippen molar-refractivity contribution < 1.29 is 19.1 Å². The molecule has 7 nitrogen and oxygen atoms in total. The number of methoxy groups -OCH3 is 1. The summed E-state index contributed by atoms with van der Waals surface area (Å²) in [6.07, 6.45) is 3.07. The van der Waals surface area contributed by atoms with E-state index in [0.717, 1.165) is 17.1 Å². The van der Waals surface area contributed by atoms with Gasteiger partial charge in [0, 0.05) is 19.7 Å². The van der Waals surface area contributed by atoms with Gasteiger partial charge in [-0.25, -0.2) is 9.78 Å². The lowest BCUT2D eigenvalue weighted by molar-refractivity contribution is -0.119. The number of carbonyl (C=O) groups is 2. The number of amides is 1. The second-order valence-electron chi connectivity index (χ2n) is 7.83. The van der Waals surface area contributed by atoms with Gasteiger partial charge in [0.1, 0.15) is 12.4 Å². The Balaban J connectivity index is 1.86. The van der Waals surface area contributed by atoms with Gasteiger partial charge in [-0.05, 0) is 42.2 Å². The first-order valence-corrected chi connectivity index (χ1v) is 10.4. The maximum Gasteiger partial charge on any atom is 0.337 e. The van der Waals surface area contributed by atoms with Crippen molar-refractivity contribution in [2.45, 2.75) is 40.2 Å². The van der Waals surface area contributed by atoms with E-state index in [1.165, 1.54) is 7.11 Å². The molecule has 0 aliphatic heterocycles. The highest BCUT2D eigenvalue weighted by Gasteiger charge is 2.22. The molecule has 0 atom stereocenters. The zero-order valence-electron chi connectivity index (χ0n) is 18.7. The molecule has 0 unspecified atom stereocenters. The number of imidazole rings is 1. The van der Waals surface area contributed by atoms with Crippen molar-refractivity contribution in [2.75, 3.05) is 19.1 Å². The third-order valence-electron chi connectivity index (χ3n) is 5.04. The zero-order valence-corrected chi connectivity index (χ0v) is 18.7. The second kappa shape index (κ2) is 9.64. The van der Waals surface area contributed by atoms with Crippen molar-refractivity contribution >= 4 is 23.3 Å². The summed E-state index contributed by atoms with van der Waals surface area (Å²) in [6, 6.07) is 10.8. The molecule has 7 heteroatoms. The smallest absolute Gasteiger partial charge is 0.337 e. The number of aromatic nitrogens is 2. The molecule has 31 heavy (non-hydrogen) atoms. The van der Waals surface area contributed by atoms with Crippen LogP contribution in [0.5, 0.6) is 5.75 Å². The standard InChI is InChI=1S/C24H29N3O4/c1-6-19-23(26(4)21(28)14-16(2)3)27-13-7-8-20(22(27)25-19)31-15-17-9-11-18(12-10-17)24(29)30-5/h7-13,16H,6,14-15H2,1-5H3. The van der Waals surface area contributed by atoms with E-state index in [4.69, 9.17) is 14.5 Å². The fraction of sp³-hybridized carbons (Fsp3) is 0.375.